The summed E-state index contributed by atoms with van der Waals surface area (Å²) in [5, 5.41) is 2.39. The Hall–Kier alpha value is -6.19. The van der Waals surface area contributed by atoms with Gasteiger partial charge in [0.05, 0.1) is 17.1 Å². The van der Waals surface area contributed by atoms with E-state index in [9.17, 15) is 0 Å². The van der Waals surface area contributed by atoms with Crippen molar-refractivity contribution in [3.63, 3.8) is 0 Å². The lowest BCUT2D eigenvalue weighted by Crippen LogP contribution is -2.26. The number of hydrogen-bond acceptors (Lipinski definition) is 3. The first-order valence-corrected chi connectivity index (χ1v) is 16.3. The van der Waals surface area contributed by atoms with Gasteiger partial charge in [0.25, 0.3) is 0 Å². The van der Waals surface area contributed by atoms with E-state index in [4.69, 9.17) is 9.98 Å². The van der Waals surface area contributed by atoms with Crippen LogP contribution in [0.5, 0.6) is 0 Å². The molecule has 0 spiro atoms. The third-order valence-electron chi connectivity index (χ3n) is 9.18. The number of allylic oxidation sites excluding steroid dienone is 8. The lowest BCUT2D eigenvalue weighted by Gasteiger charge is -2.36. The van der Waals surface area contributed by atoms with Gasteiger partial charge in [-0.25, -0.2) is 4.99 Å². The van der Waals surface area contributed by atoms with Gasteiger partial charge in [-0.2, -0.15) is 0 Å². The zero-order valence-corrected chi connectivity index (χ0v) is 26.4. The highest BCUT2D eigenvalue weighted by molar-refractivity contribution is 6.34. The van der Waals surface area contributed by atoms with Crippen molar-refractivity contribution < 1.29 is 0 Å². The maximum Gasteiger partial charge on any atom is 0.0791 e. The summed E-state index contributed by atoms with van der Waals surface area (Å²) in [7, 11) is 0. The number of fused-ring (bicyclic) bond motifs is 3. The van der Waals surface area contributed by atoms with E-state index in [0.717, 1.165) is 45.1 Å². The second-order valence-corrected chi connectivity index (χ2v) is 12.0. The molecular weight excluding hydrogens is 583 g/mol. The molecule has 0 N–H and O–H groups in total. The highest BCUT2D eigenvalue weighted by atomic mass is 14.8. The standard InChI is InChI=1S/C45H33N3/c1-2-3-13-32-15-6-11-21-41(32)48-45(35-25-24-31-14-4-5-16-34(31)30-35)44-38-19-9-7-17-36(38)43(37-18-8-10-20-39(37)44)42-23-12-22-40(47-42)33-26-28-46-29-27-33/h2-30,36,43H,1H2/b13-3-,48-45?. The molecule has 2 aliphatic rings. The van der Waals surface area contributed by atoms with Gasteiger partial charge in [-0.05, 0) is 63.9 Å². The molecule has 2 atom stereocenters. The molecular formula is C45H33N3. The molecule has 0 bridgehead atoms. The molecule has 0 saturated heterocycles. The molecule has 0 aliphatic heterocycles. The zero-order valence-electron chi connectivity index (χ0n) is 26.4. The number of pyridine rings is 2. The Morgan fingerprint density at radius 2 is 1.56 bits per heavy atom. The van der Waals surface area contributed by atoms with Crippen molar-refractivity contribution in [3.05, 3.63) is 210 Å². The van der Waals surface area contributed by atoms with Crippen LogP contribution in [0.1, 0.15) is 33.9 Å². The molecule has 48 heavy (non-hydrogen) atoms. The highest BCUT2D eigenvalue weighted by Gasteiger charge is 2.37. The van der Waals surface area contributed by atoms with E-state index >= 15 is 0 Å². The predicted octanol–water partition coefficient (Wildman–Crippen LogP) is 11.0. The summed E-state index contributed by atoms with van der Waals surface area (Å²) < 4.78 is 0. The van der Waals surface area contributed by atoms with Gasteiger partial charge >= 0.3 is 0 Å². The minimum absolute atomic E-state index is 0.0311. The Bertz CT molecular complexity index is 2320. The molecule has 0 radical (unpaired) electrons. The van der Waals surface area contributed by atoms with Gasteiger partial charge in [0.2, 0.25) is 0 Å². The second kappa shape index (κ2) is 12.9. The van der Waals surface area contributed by atoms with Gasteiger partial charge in [0.1, 0.15) is 0 Å². The number of nitrogens with zero attached hydrogens (tertiary/aromatic N) is 3. The van der Waals surface area contributed by atoms with Crippen LogP contribution in [0.4, 0.5) is 5.69 Å². The van der Waals surface area contributed by atoms with Gasteiger partial charge in [-0.15, -0.1) is 0 Å². The van der Waals surface area contributed by atoms with Gasteiger partial charge in [-0.3, -0.25) is 9.97 Å². The first-order chi connectivity index (χ1) is 23.8. The number of aromatic nitrogens is 2. The minimum atomic E-state index is 0.0311. The lowest BCUT2D eigenvalue weighted by molar-refractivity contribution is 0.634. The van der Waals surface area contributed by atoms with Crippen molar-refractivity contribution >= 4 is 33.8 Å². The average Bonchev–Trinajstić information content (AvgIpc) is 3.16. The third-order valence-corrected chi connectivity index (χ3v) is 9.18. The van der Waals surface area contributed by atoms with E-state index in [1.807, 2.05) is 30.6 Å². The van der Waals surface area contributed by atoms with Crippen molar-refractivity contribution in [1.29, 1.82) is 0 Å². The summed E-state index contributed by atoms with van der Waals surface area (Å²) in [5.74, 6) is 0.102. The lowest BCUT2D eigenvalue weighted by atomic mass is 9.67. The molecule has 3 heteroatoms. The SMILES string of the molecule is C=C/C=C\c1ccccc1N=C(C1=C2C=CC=CC2C(c2cccc(-c3ccncc3)n2)c2ccccc21)c1ccc2ccccc2c1. The minimum Gasteiger partial charge on any atom is -0.265 e. The fourth-order valence-corrected chi connectivity index (χ4v) is 6.98. The smallest absolute Gasteiger partial charge is 0.0791 e. The summed E-state index contributed by atoms with van der Waals surface area (Å²) in [6, 6.07) is 42.7. The first kappa shape index (κ1) is 29.2. The first-order valence-electron chi connectivity index (χ1n) is 16.3. The molecule has 2 aliphatic carbocycles. The van der Waals surface area contributed by atoms with E-state index in [1.54, 1.807) is 6.08 Å². The van der Waals surface area contributed by atoms with Gasteiger partial charge < -0.3 is 0 Å². The van der Waals surface area contributed by atoms with E-state index < -0.39 is 0 Å². The normalized spacial score (nSPS) is 17.0. The van der Waals surface area contributed by atoms with E-state index in [2.05, 4.69) is 151 Å². The van der Waals surface area contributed by atoms with Crippen LogP contribution in [0, 0.1) is 5.92 Å². The van der Waals surface area contributed by atoms with Crippen LogP contribution in [0.15, 0.2) is 187 Å². The summed E-state index contributed by atoms with van der Waals surface area (Å²) in [6.45, 7) is 3.89. The van der Waals surface area contributed by atoms with Crippen LogP contribution in [0.2, 0.25) is 0 Å². The molecule has 8 rings (SSSR count). The maximum atomic E-state index is 5.55. The molecule has 3 nitrogen and oxygen atoms in total. The molecule has 2 aromatic heterocycles. The van der Waals surface area contributed by atoms with Crippen LogP contribution >= 0.6 is 0 Å². The molecule has 2 heterocycles. The molecule has 2 unspecified atom stereocenters. The van der Waals surface area contributed by atoms with Crippen LogP contribution in [0.25, 0.3) is 33.7 Å². The Labute approximate surface area is 281 Å². The molecule has 4 aromatic carbocycles. The van der Waals surface area contributed by atoms with Gasteiger partial charge in [0.15, 0.2) is 0 Å². The maximum absolute atomic E-state index is 5.55. The fourth-order valence-electron chi connectivity index (χ4n) is 6.98. The topological polar surface area (TPSA) is 38.1 Å². The fraction of sp³-hybridized carbons (Fsp3) is 0.0444. The predicted molar refractivity (Wildman–Crippen MR) is 200 cm³/mol. The van der Waals surface area contributed by atoms with E-state index in [0.29, 0.717) is 0 Å². The van der Waals surface area contributed by atoms with E-state index in [-0.39, 0.29) is 11.8 Å². The van der Waals surface area contributed by atoms with Crippen LogP contribution in [-0.2, 0) is 0 Å². The van der Waals surface area contributed by atoms with Crippen LogP contribution < -0.4 is 0 Å². The number of benzene rings is 4. The average molecular weight is 616 g/mol. The number of rotatable bonds is 7. The third kappa shape index (κ3) is 5.46. The molecule has 0 saturated carbocycles. The number of hydrogen-bond donors (Lipinski definition) is 0. The molecule has 0 amide bonds. The summed E-state index contributed by atoms with van der Waals surface area (Å²) in [4.78, 5) is 15.0. The summed E-state index contributed by atoms with van der Waals surface area (Å²) in [5.41, 5.74) is 11.8. The van der Waals surface area contributed by atoms with Crippen molar-refractivity contribution in [2.45, 2.75) is 5.92 Å². The highest BCUT2D eigenvalue weighted by Crippen LogP contribution is 2.49. The monoisotopic (exact) mass is 615 g/mol. The quantitative estimate of drug-likeness (QED) is 0.132. The molecule has 0 fully saturated rings. The summed E-state index contributed by atoms with van der Waals surface area (Å²) in [6.07, 6.45) is 18.4. The van der Waals surface area contributed by atoms with Crippen molar-refractivity contribution in [2.75, 3.05) is 0 Å². The number of aliphatic imine (C=N–C) groups is 1. The number of para-hydroxylation sites is 1. The van der Waals surface area contributed by atoms with Crippen molar-refractivity contribution in [1.82, 2.24) is 9.97 Å². The van der Waals surface area contributed by atoms with E-state index in [1.165, 1.54) is 27.5 Å². The zero-order chi connectivity index (χ0) is 32.3. The Morgan fingerprint density at radius 1 is 0.750 bits per heavy atom. The second-order valence-electron chi connectivity index (χ2n) is 12.0. The molecule has 6 aromatic rings. The van der Waals surface area contributed by atoms with Crippen molar-refractivity contribution in [3.8, 4) is 11.3 Å². The summed E-state index contributed by atoms with van der Waals surface area (Å²) >= 11 is 0. The van der Waals surface area contributed by atoms with Crippen LogP contribution in [-0.4, -0.2) is 15.7 Å². The Balaban J connectivity index is 1.38. The van der Waals surface area contributed by atoms with Gasteiger partial charge in [0, 0.05) is 52.2 Å². The molecule has 228 valence electrons. The van der Waals surface area contributed by atoms with Gasteiger partial charge in [-0.1, -0.05) is 134 Å². The Kier molecular flexibility index (Phi) is 7.85. The van der Waals surface area contributed by atoms with Crippen molar-refractivity contribution in [2.24, 2.45) is 10.9 Å². The Morgan fingerprint density at radius 3 is 2.46 bits per heavy atom. The largest absolute Gasteiger partial charge is 0.265 e. The van der Waals surface area contributed by atoms with Crippen LogP contribution in [0.3, 0.4) is 0 Å².